The lowest BCUT2D eigenvalue weighted by atomic mass is 10.1. The highest BCUT2D eigenvalue weighted by atomic mass is 35.5. The third-order valence-corrected chi connectivity index (χ3v) is 8.19. The molecule has 2 aromatic carbocycles. The standard InChI is InChI=1S/C24H31Cl2FN4O4S/c1-6-16(2)28-24(33)17(3)30(14-18-11-12-19(25)20(26)13-18)23(32)15-31(36(34,35)29(4)5)22-10-8-7-9-21(22)27/h7-13,16-17H,6,14-15H2,1-5H3,(H,28,33)/t16-,17-/m0/s1. The minimum atomic E-state index is -4.26. The summed E-state index contributed by atoms with van der Waals surface area (Å²) in [5.41, 5.74) is 0.291. The van der Waals surface area contributed by atoms with Crippen LogP contribution in [0.5, 0.6) is 0 Å². The van der Waals surface area contributed by atoms with E-state index < -0.39 is 40.4 Å². The zero-order valence-electron chi connectivity index (χ0n) is 20.8. The van der Waals surface area contributed by atoms with Crippen LogP contribution in [0.1, 0.15) is 32.8 Å². The molecule has 2 rings (SSSR count). The van der Waals surface area contributed by atoms with Crippen molar-refractivity contribution in [1.82, 2.24) is 14.5 Å². The molecule has 0 aromatic heterocycles. The van der Waals surface area contributed by atoms with Crippen molar-refractivity contribution < 1.29 is 22.4 Å². The van der Waals surface area contributed by atoms with Gasteiger partial charge < -0.3 is 10.2 Å². The first-order valence-electron chi connectivity index (χ1n) is 11.3. The van der Waals surface area contributed by atoms with Gasteiger partial charge in [0.15, 0.2) is 0 Å². The molecule has 12 heteroatoms. The number of benzene rings is 2. The van der Waals surface area contributed by atoms with Crippen LogP contribution < -0.4 is 9.62 Å². The maximum Gasteiger partial charge on any atom is 0.304 e. The zero-order valence-corrected chi connectivity index (χ0v) is 23.2. The zero-order chi connectivity index (χ0) is 27.2. The van der Waals surface area contributed by atoms with Crippen molar-refractivity contribution in [2.45, 2.75) is 45.8 Å². The Kier molecular flexibility index (Phi) is 10.5. The van der Waals surface area contributed by atoms with Gasteiger partial charge in [0.25, 0.3) is 0 Å². The Morgan fingerprint density at radius 2 is 1.69 bits per heavy atom. The highest BCUT2D eigenvalue weighted by molar-refractivity contribution is 7.90. The second-order valence-electron chi connectivity index (χ2n) is 8.51. The van der Waals surface area contributed by atoms with E-state index in [0.717, 1.165) is 10.4 Å². The molecule has 2 amide bonds. The lowest BCUT2D eigenvalue weighted by Gasteiger charge is -2.33. The molecule has 0 radical (unpaired) electrons. The highest BCUT2D eigenvalue weighted by Crippen LogP contribution is 2.26. The van der Waals surface area contributed by atoms with Crippen LogP contribution in [-0.2, 0) is 26.3 Å². The first-order valence-corrected chi connectivity index (χ1v) is 13.4. The fourth-order valence-corrected chi connectivity index (χ4v) is 4.62. The van der Waals surface area contributed by atoms with Gasteiger partial charge in [-0.15, -0.1) is 0 Å². The monoisotopic (exact) mass is 560 g/mol. The number of hydrogen-bond acceptors (Lipinski definition) is 4. The molecule has 0 saturated heterocycles. The van der Waals surface area contributed by atoms with Gasteiger partial charge >= 0.3 is 10.2 Å². The van der Waals surface area contributed by atoms with E-state index in [2.05, 4.69) is 5.32 Å². The molecule has 2 atom stereocenters. The highest BCUT2D eigenvalue weighted by Gasteiger charge is 2.34. The van der Waals surface area contributed by atoms with Gasteiger partial charge in [0.05, 0.1) is 15.7 Å². The number of anilines is 1. The average molecular weight is 562 g/mol. The van der Waals surface area contributed by atoms with Crippen LogP contribution in [0.15, 0.2) is 42.5 Å². The largest absolute Gasteiger partial charge is 0.352 e. The summed E-state index contributed by atoms with van der Waals surface area (Å²) in [6.07, 6.45) is 0.682. The smallest absolute Gasteiger partial charge is 0.304 e. The Hall–Kier alpha value is -2.40. The molecular weight excluding hydrogens is 530 g/mol. The van der Waals surface area contributed by atoms with Gasteiger partial charge in [0, 0.05) is 26.7 Å². The summed E-state index contributed by atoms with van der Waals surface area (Å²) in [6, 6.07) is 8.94. The first kappa shape index (κ1) is 29.8. The van der Waals surface area contributed by atoms with Gasteiger partial charge in [-0.1, -0.05) is 48.3 Å². The molecule has 0 bridgehead atoms. The van der Waals surface area contributed by atoms with E-state index in [0.29, 0.717) is 21.3 Å². The van der Waals surface area contributed by atoms with Gasteiger partial charge in [-0.25, -0.2) is 8.70 Å². The fraction of sp³-hybridized carbons (Fsp3) is 0.417. The minimum absolute atomic E-state index is 0.0576. The molecule has 0 fully saturated rings. The van der Waals surface area contributed by atoms with Crippen molar-refractivity contribution in [3.63, 3.8) is 0 Å². The number of halogens is 3. The van der Waals surface area contributed by atoms with Gasteiger partial charge in [-0.3, -0.25) is 9.59 Å². The number of rotatable bonds is 11. The van der Waals surface area contributed by atoms with Gasteiger partial charge in [-0.2, -0.15) is 12.7 Å². The molecule has 1 N–H and O–H groups in total. The molecule has 198 valence electrons. The Balaban J connectivity index is 2.49. The number of amides is 2. The summed E-state index contributed by atoms with van der Waals surface area (Å²) in [5.74, 6) is -1.93. The third-order valence-electron chi connectivity index (χ3n) is 5.65. The Bertz CT molecular complexity index is 1200. The number of nitrogens with zero attached hydrogens (tertiary/aromatic N) is 3. The predicted molar refractivity (Wildman–Crippen MR) is 141 cm³/mol. The van der Waals surface area contributed by atoms with E-state index in [9.17, 15) is 22.4 Å². The number of para-hydroxylation sites is 1. The van der Waals surface area contributed by atoms with E-state index in [1.807, 2.05) is 13.8 Å². The predicted octanol–water partition coefficient (Wildman–Crippen LogP) is 4.08. The lowest BCUT2D eigenvalue weighted by molar-refractivity contribution is -0.139. The molecule has 8 nitrogen and oxygen atoms in total. The molecule has 0 unspecified atom stereocenters. The third kappa shape index (κ3) is 7.32. The molecule has 0 spiro atoms. The Morgan fingerprint density at radius 3 is 2.25 bits per heavy atom. The molecule has 0 saturated carbocycles. The van der Waals surface area contributed by atoms with Crippen LogP contribution in [0.4, 0.5) is 10.1 Å². The van der Waals surface area contributed by atoms with Crippen molar-refractivity contribution in [1.29, 1.82) is 0 Å². The van der Waals surface area contributed by atoms with Crippen LogP contribution in [0.2, 0.25) is 10.0 Å². The summed E-state index contributed by atoms with van der Waals surface area (Å²) in [4.78, 5) is 27.8. The molecule has 0 aliphatic carbocycles. The summed E-state index contributed by atoms with van der Waals surface area (Å²) in [7, 11) is -1.69. The van der Waals surface area contributed by atoms with E-state index in [1.165, 1.54) is 37.2 Å². The quantitative estimate of drug-likeness (QED) is 0.448. The summed E-state index contributed by atoms with van der Waals surface area (Å²) >= 11 is 12.1. The van der Waals surface area contributed by atoms with Crippen LogP contribution in [0.25, 0.3) is 0 Å². The minimum Gasteiger partial charge on any atom is -0.352 e. The van der Waals surface area contributed by atoms with Crippen LogP contribution in [0.3, 0.4) is 0 Å². The topological polar surface area (TPSA) is 90.0 Å². The molecular formula is C24H31Cl2FN4O4S. The maximum atomic E-state index is 14.6. The number of hydrogen-bond donors (Lipinski definition) is 1. The molecule has 0 aliphatic rings. The van der Waals surface area contributed by atoms with Gasteiger partial charge in [-0.05, 0) is 50.1 Å². The van der Waals surface area contributed by atoms with Crippen molar-refractivity contribution in [3.05, 3.63) is 63.9 Å². The van der Waals surface area contributed by atoms with Crippen LogP contribution in [-0.4, -0.2) is 62.2 Å². The average Bonchev–Trinajstić information content (AvgIpc) is 2.82. The Labute approximate surface area is 222 Å². The van der Waals surface area contributed by atoms with E-state index in [1.54, 1.807) is 25.1 Å². The van der Waals surface area contributed by atoms with E-state index >= 15 is 0 Å². The molecule has 2 aromatic rings. The van der Waals surface area contributed by atoms with Crippen molar-refractivity contribution >= 4 is 50.9 Å². The van der Waals surface area contributed by atoms with Gasteiger partial charge in [0.2, 0.25) is 11.8 Å². The normalized spacial score (nSPS) is 13.2. The Morgan fingerprint density at radius 1 is 1.06 bits per heavy atom. The molecule has 0 aliphatic heterocycles. The van der Waals surface area contributed by atoms with Crippen molar-refractivity contribution in [2.75, 3.05) is 24.9 Å². The number of carbonyl (C=O) groups is 2. The van der Waals surface area contributed by atoms with Crippen molar-refractivity contribution in [3.8, 4) is 0 Å². The summed E-state index contributed by atoms with van der Waals surface area (Å²) in [6.45, 7) is 4.49. The fourth-order valence-electron chi connectivity index (χ4n) is 3.24. The van der Waals surface area contributed by atoms with E-state index in [4.69, 9.17) is 23.2 Å². The second kappa shape index (κ2) is 12.7. The number of carbonyl (C=O) groups excluding carboxylic acids is 2. The van der Waals surface area contributed by atoms with Crippen molar-refractivity contribution in [2.24, 2.45) is 0 Å². The van der Waals surface area contributed by atoms with E-state index in [-0.39, 0.29) is 23.3 Å². The SMILES string of the molecule is CC[C@H](C)NC(=O)[C@H](C)N(Cc1ccc(Cl)c(Cl)c1)C(=O)CN(c1ccccc1F)S(=O)(=O)N(C)C. The second-order valence-corrected chi connectivity index (χ2v) is 11.4. The molecule has 0 heterocycles. The van der Waals surface area contributed by atoms with Crippen LogP contribution >= 0.6 is 23.2 Å². The lowest BCUT2D eigenvalue weighted by Crippen LogP contribution is -2.53. The first-order chi connectivity index (χ1) is 16.8. The number of nitrogens with one attached hydrogen (secondary N) is 1. The summed E-state index contributed by atoms with van der Waals surface area (Å²) < 4.78 is 42.4. The summed E-state index contributed by atoms with van der Waals surface area (Å²) in [5, 5.41) is 3.42. The maximum absolute atomic E-state index is 14.6. The van der Waals surface area contributed by atoms with Crippen LogP contribution in [0, 0.1) is 5.82 Å². The molecule has 36 heavy (non-hydrogen) atoms. The van der Waals surface area contributed by atoms with Gasteiger partial charge in [0.1, 0.15) is 18.4 Å².